The van der Waals surface area contributed by atoms with Crippen LogP contribution in [0.15, 0.2) is 10.8 Å². The van der Waals surface area contributed by atoms with Crippen molar-refractivity contribution in [3.8, 4) is 0 Å². The molecule has 1 atom stereocenters. The summed E-state index contributed by atoms with van der Waals surface area (Å²) in [6.07, 6.45) is 0. The third-order valence-electron chi connectivity index (χ3n) is 2.67. The summed E-state index contributed by atoms with van der Waals surface area (Å²) in [6, 6.07) is 0. The van der Waals surface area contributed by atoms with Gasteiger partial charge in [-0.15, -0.1) is 0 Å². The van der Waals surface area contributed by atoms with Crippen LogP contribution in [0.3, 0.4) is 0 Å². The number of nitrogens with two attached hydrogens (primary N) is 1. The van der Waals surface area contributed by atoms with E-state index in [9.17, 15) is 4.79 Å². The van der Waals surface area contributed by atoms with Gasteiger partial charge in [0, 0.05) is 6.54 Å². The second-order valence-corrected chi connectivity index (χ2v) is 5.64. The first kappa shape index (κ1) is 14.1. The van der Waals surface area contributed by atoms with Gasteiger partial charge in [0.25, 0.3) is 0 Å². The minimum absolute atomic E-state index is 0.0851. The minimum atomic E-state index is -0.385. The average Bonchev–Trinajstić information content (AvgIpc) is 2.59. The van der Waals surface area contributed by atoms with Gasteiger partial charge >= 0.3 is 0 Å². The molecule has 1 unspecified atom stereocenters. The summed E-state index contributed by atoms with van der Waals surface area (Å²) in [6.45, 7) is 6.46. The van der Waals surface area contributed by atoms with Crippen molar-refractivity contribution >= 4 is 34.5 Å². The highest BCUT2D eigenvalue weighted by Crippen LogP contribution is 2.15. The van der Waals surface area contributed by atoms with Crippen LogP contribution in [0.2, 0.25) is 0 Å². The van der Waals surface area contributed by atoms with Crippen molar-refractivity contribution in [2.75, 3.05) is 0 Å². The summed E-state index contributed by atoms with van der Waals surface area (Å²) in [4.78, 5) is 12.2. The maximum atomic E-state index is 12.0. The van der Waals surface area contributed by atoms with Crippen molar-refractivity contribution in [3.63, 3.8) is 0 Å². The molecule has 0 radical (unpaired) electrons. The highest BCUT2D eigenvalue weighted by molar-refractivity contribution is 7.80. The van der Waals surface area contributed by atoms with Crippen LogP contribution in [-0.2, 0) is 11.3 Å². The predicted molar refractivity (Wildman–Crippen MR) is 76.0 cm³/mol. The number of hydrogen-bond donors (Lipinski definition) is 2. The van der Waals surface area contributed by atoms with Gasteiger partial charge in [0.05, 0.1) is 10.9 Å². The fourth-order valence-electron chi connectivity index (χ4n) is 1.62. The summed E-state index contributed by atoms with van der Waals surface area (Å²) >= 11 is 6.57. The molecule has 0 saturated carbocycles. The van der Waals surface area contributed by atoms with Crippen molar-refractivity contribution in [2.45, 2.75) is 27.3 Å². The van der Waals surface area contributed by atoms with E-state index >= 15 is 0 Å². The van der Waals surface area contributed by atoms with Crippen molar-refractivity contribution in [1.29, 1.82) is 0 Å². The lowest BCUT2D eigenvalue weighted by molar-refractivity contribution is -0.124. The molecule has 1 aromatic heterocycles. The van der Waals surface area contributed by atoms with Crippen LogP contribution in [0.4, 0.5) is 0 Å². The molecule has 0 aliphatic carbocycles. The molecule has 0 bridgehead atoms. The topological polar surface area (TPSA) is 55.1 Å². The van der Waals surface area contributed by atoms with E-state index in [1.165, 1.54) is 5.56 Å². The molecule has 94 valence electrons. The number of rotatable bonds is 5. The normalized spacial score (nSPS) is 12.5. The summed E-state index contributed by atoms with van der Waals surface area (Å²) in [5.41, 5.74) is 7.94. The Bertz CT molecular complexity index is 412. The smallest absolute Gasteiger partial charge is 0.230 e. The van der Waals surface area contributed by atoms with Crippen molar-refractivity contribution in [3.05, 3.63) is 21.9 Å². The summed E-state index contributed by atoms with van der Waals surface area (Å²) in [5.74, 6) is -0.349. The van der Waals surface area contributed by atoms with Gasteiger partial charge in [-0.25, -0.2) is 0 Å². The first-order valence-electron chi connectivity index (χ1n) is 5.52. The molecular formula is C12H18N2OS2. The molecule has 17 heavy (non-hydrogen) atoms. The van der Waals surface area contributed by atoms with Crippen LogP contribution < -0.4 is 11.1 Å². The van der Waals surface area contributed by atoms with E-state index < -0.39 is 0 Å². The Labute approximate surface area is 111 Å². The summed E-state index contributed by atoms with van der Waals surface area (Å²) in [7, 11) is 0. The Kier molecular flexibility index (Phi) is 5.08. The van der Waals surface area contributed by atoms with Gasteiger partial charge < -0.3 is 11.1 Å². The Morgan fingerprint density at radius 2 is 2.18 bits per heavy atom. The van der Waals surface area contributed by atoms with E-state index in [1.807, 2.05) is 26.2 Å². The third-order valence-corrected chi connectivity index (χ3v) is 3.83. The van der Waals surface area contributed by atoms with E-state index in [-0.39, 0.29) is 22.7 Å². The van der Waals surface area contributed by atoms with E-state index in [0.717, 1.165) is 5.56 Å². The number of thiophene rings is 1. The van der Waals surface area contributed by atoms with E-state index in [2.05, 4.69) is 10.7 Å². The zero-order valence-corrected chi connectivity index (χ0v) is 12.0. The molecule has 0 aliphatic rings. The largest absolute Gasteiger partial charge is 0.393 e. The Morgan fingerprint density at radius 1 is 1.53 bits per heavy atom. The number of aryl methyl sites for hydroxylation is 1. The minimum Gasteiger partial charge on any atom is -0.393 e. The van der Waals surface area contributed by atoms with Crippen LogP contribution in [0.25, 0.3) is 0 Å². The van der Waals surface area contributed by atoms with Gasteiger partial charge in [0.15, 0.2) is 0 Å². The van der Waals surface area contributed by atoms with Crippen molar-refractivity contribution in [1.82, 2.24) is 5.32 Å². The van der Waals surface area contributed by atoms with Crippen LogP contribution >= 0.6 is 23.6 Å². The lowest BCUT2D eigenvalue weighted by Crippen LogP contribution is -2.40. The Morgan fingerprint density at radius 3 is 2.59 bits per heavy atom. The molecule has 5 heteroatoms. The van der Waals surface area contributed by atoms with Gasteiger partial charge in [-0.2, -0.15) is 11.3 Å². The molecule has 0 aliphatic heterocycles. The number of carbonyl (C=O) groups excluding carboxylic acids is 1. The summed E-state index contributed by atoms with van der Waals surface area (Å²) < 4.78 is 0. The number of thiocarbonyl (C=S) groups is 1. The first-order chi connectivity index (χ1) is 7.93. The second-order valence-electron chi connectivity index (χ2n) is 4.42. The SMILES string of the molecule is Cc1cscc1CNC(=O)C(C(N)=S)C(C)C. The molecule has 1 rings (SSSR count). The average molecular weight is 270 g/mol. The number of hydrogen-bond acceptors (Lipinski definition) is 3. The lowest BCUT2D eigenvalue weighted by atomic mass is 9.95. The van der Waals surface area contributed by atoms with Crippen LogP contribution in [0.5, 0.6) is 0 Å². The highest BCUT2D eigenvalue weighted by Gasteiger charge is 2.24. The maximum absolute atomic E-state index is 12.0. The van der Waals surface area contributed by atoms with Crippen LogP contribution in [-0.4, -0.2) is 10.9 Å². The molecule has 0 fully saturated rings. The van der Waals surface area contributed by atoms with E-state index in [4.69, 9.17) is 18.0 Å². The molecule has 3 N–H and O–H groups in total. The fourth-order valence-corrected chi connectivity index (χ4v) is 2.86. The van der Waals surface area contributed by atoms with E-state index in [1.54, 1.807) is 11.3 Å². The number of carbonyl (C=O) groups is 1. The van der Waals surface area contributed by atoms with Gasteiger partial charge in [-0.3, -0.25) is 4.79 Å². The molecule has 0 saturated heterocycles. The maximum Gasteiger partial charge on any atom is 0.230 e. The van der Waals surface area contributed by atoms with Crippen LogP contribution in [0.1, 0.15) is 25.0 Å². The van der Waals surface area contributed by atoms with Crippen LogP contribution in [0, 0.1) is 18.8 Å². The molecule has 0 spiro atoms. The van der Waals surface area contributed by atoms with Gasteiger partial charge in [-0.05, 0) is 34.7 Å². The fraction of sp³-hybridized carbons (Fsp3) is 0.500. The zero-order valence-electron chi connectivity index (χ0n) is 10.3. The molecule has 3 nitrogen and oxygen atoms in total. The van der Waals surface area contributed by atoms with Gasteiger partial charge in [0.1, 0.15) is 0 Å². The predicted octanol–water partition coefficient (Wildman–Crippen LogP) is 2.23. The van der Waals surface area contributed by atoms with Crippen molar-refractivity contribution in [2.24, 2.45) is 17.6 Å². The summed E-state index contributed by atoms with van der Waals surface area (Å²) in [5, 5.41) is 7.00. The number of amides is 1. The lowest BCUT2D eigenvalue weighted by Gasteiger charge is -2.18. The number of nitrogens with one attached hydrogen (secondary N) is 1. The molecule has 0 aromatic carbocycles. The monoisotopic (exact) mass is 270 g/mol. The molecule has 1 aromatic rings. The highest BCUT2D eigenvalue weighted by atomic mass is 32.1. The molecular weight excluding hydrogens is 252 g/mol. The third kappa shape index (κ3) is 3.78. The standard InChI is InChI=1S/C12H18N2OS2/c1-7(2)10(11(13)16)12(15)14-4-9-6-17-5-8(9)3/h5-7,10H,4H2,1-3H3,(H2,13,16)(H,14,15). The molecule has 1 heterocycles. The zero-order chi connectivity index (χ0) is 13.0. The Balaban J connectivity index is 2.60. The van der Waals surface area contributed by atoms with E-state index in [0.29, 0.717) is 6.54 Å². The first-order valence-corrected chi connectivity index (χ1v) is 6.87. The Hall–Kier alpha value is -0.940. The van der Waals surface area contributed by atoms with Gasteiger partial charge in [-0.1, -0.05) is 26.1 Å². The molecule has 1 amide bonds. The van der Waals surface area contributed by atoms with Crippen molar-refractivity contribution < 1.29 is 4.79 Å². The quantitative estimate of drug-likeness (QED) is 0.807. The second kappa shape index (κ2) is 6.12. The van der Waals surface area contributed by atoms with Gasteiger partial charge in [0.2, 0.25) is 5.91 Å².